The summed E-state index contributed by atoms with van der Waals surface area (Å²) in [7, 11) is 2.64. The van der Waals surface area contributed by atoms with Crippen LogP contribution in [-0.4, -0.2) is 30.1 Å². The van der Waals surface area contributed by atoms with Crippen molar-refractivity contribution in [2.24, 2.45) is 5.92 Å². The molecule has 110 valence electrons. The SMILES string of the molecule is C/C=C/C[C@H](C)C(=O)c1c(O)c(OC)c(OC)[nH]c1=O. The predicted molar refractivity (Wildman–Crippen MR) is 74.8 cm³/mol. The molecule has 0 fully saturated rings. The molecule has 0 bridgehead atoms. The number of nitrogens with one attached hydrogen (secondary N) is 1. The number of pyridine rings is 1. The minimum absolute atomic E-state index is 0.0207. The Bertz CT molecular complexity index is 574. The second kappa shape index (κ2) is 6.79. The summed E-state index contributed by atoms with van der Waals surface area (Å²) in [4.78, 5) is 26.5. The van der Waals surface area contributed by atoms with E-state index >= 15 is 0 Å². The molecule has 0 aliphatic rings. The van der Waals surface area contributed by atoms with Crippen molar-refractivity contribution in [3.63, 3.8) is 0 Å². The Balaban J connectivity index is 3.31. The van der Waals surface area contributed by atoms with Gasteiger partial charge in [-0.15, -0.1) is 0 Å². The van der Waals surface area contributed by atoms with Crippen molar-refractivity contribution in [2.75, 3.05) is 14.2 Å². The summed E-state index contributed by atoms with van der Waals surface area (Å²) in [5.41, 5.74) is -1.00. The van der Waals surface area contributed by atoms with Crippen molar-refractivity contribution in [1.82, 2.24) is 4.98 Å². The van der Waals surface area contributed by atoms with Crippen molar-refractivity contribution < 1.29 is 19.4 Å². The van der Waals surface area contributed by atoms with Gasteiger partial charge in [-0.2, -0.15) is 0 Å². The maximum absolute atomic E-state index is 12.2. The van der Waals surface area contributed by atoms with Crippen molar-refractivity contribution in [3.05, 3.63) is 28.1 Å². The molecular weight excluding hydrogens is 262 g/mol. The summed E-state index contributed by atoms with van der Waals surface area (Å²) < 4.78 is 9.86. The molecule has 0 saturated carbocycles. The van der Waals surface area contributed by atoms with Gasteiger partial charge in [-0.05, 0) is 13.3 Å². The summed E-state index contributed by atoms with van der Waals surface area (Å²) in [6.45, 7) is 3.54. The van der Waals surface area contributed by atoms with Crippen molar-refractivity contribution in [1.29, 1.82) is 0 Å². The van der Waals surface area contributed by atoms with Crippen LogP contribution in [0.5, 0.6) is 17.4 Å². The fourth-order valence-electron chi connectivity index (χ4n) is 1.81. The lowest BCUT2D eigenvalue weighted by Gasteiger charge is -2.13. The van der Waals surface area contributed by atoms with E-state index in [4.69, 9.17) is 9.47 Å². The Morgan fingerprint density at radius 3 is 2.55 bits per heavy atom. The van der Waals surface area contributed by atoms with Crippen LogP contribution in [0.15, 0.2) is 16.9 Å². The number of rotatable bonds is 6. The average Bonchev–Trinajstić information content (AvgIpc) is 2.43. The van der Waals surface area contributed by atoms with Crippen molar-refractivity contribution in [3.8, 4) is 17.4 Å². The van der Waals surface area contributed by atoms with E-state index in [0.29, 0.717) is 6.42 Å². The Morgan fingerprint density at radius 2 is 2.05 bits per heavy atom. The lowest BCUT2D eigenvalue weighted by atomic mass is 9.96. The largest absolute Gasteiger partial charge is 0.503 e. The molecule has 0 aliphatic heterocycles. The third-order valence-corrected chi connectivity index (χ3v) is 2.94. The number of hydrogen-bond donors (Lipinski definition) is 2. The number of methoxy groups -OCH3 is 2. The third kappa shape index (κ3) is 3.01. The van der Waals surface area contributed by atoms with Gasteiger partial charge in [0.25, 0.3) is 5.56 Å². The van der Waals surface area contributed by atoms with E-state index in [1.54, 1.807) is 6.92 Å². The molecule has 1 aromatic heterocycles. The minimum atomic E-state index is -0.697. The quantitative estimate of drug-likeness (QED) is 0.614. The van der Waals surface area contributed by atoms with Crippen LogP contribution in [0.4, 0.5) is 0 Å². The zero-order chi connectivity index (χ0) is 15.3. The van der Waals surface area contributed by atoms with E-state index in [1.165, 1.54) is 14.2 Å². The first kappa shape index (κ1) is 15.8. The maximum atomic E-state index is 12.2. The molecular formula is C14H19NO5. The van der Waals surface area contributed by atoms with Gasteiger partial charge in [-0.3, -0.25) is 14.6 Å². The zero-order valence-corrected chi connectivity index (χ0v) is 12.0. The van der Waals surface area contributed by atoms with Crippen LogP contribution in [0.2, 0.25) is 0 Å². The second-order valence-corrected chi connectivity index (χ2v) is 4.31. The van der Waals surface area contributed by atoms with Crippen LogP contribution in [0.1, 0.15) is 30.6 Å². The van der Waals surface area contributed by atoms with E-state index in [0.717, 1.165) is 0 Å². The number of hydrogen-bond acceptors (Lipinski definition) is 5. The van der Waals surface area contributed by atoms with E-state index in [2.05, 4.69) is 4.98 Å². The average molecular weight is 281 g/mol. The van der Waals surface area contributed by atoms with Gasteiger partial charge in [0.2, 0.25) is 11.6 Å². The van der Waals surface area contributed by atoms with E-state index in [-0.39, 0.29) is 17.2 Å². The van der Waals surface area contributed by atoms with Gasteiger partial charge in [0, 0.05) is 5.92 Å². The van der Waals surface area contributed by atoms with Crippen LogP contribution in [-0.2, 0) is 0 Å². The number of allylic oxidation sites excluding steroid dienone is 2. The van der Waals surface area contributed by atoms with Gasteiger partial charge in [-0.1, -0.05) is 19.1 Å². The summed E-state index contributed by atoms with van der Waals surface area (Å²) in [6, 6.07) is 0. The summed E-state index contributed by atoms with van der Waals surface area (Å²) in [5.74, 6) is -1.44. The van der Waals surface area contributed by atoms with Gasteiger partial charge >= 0.3 is 0 Å². The lowest BCUT2D eigenvalue weighted by molar-refractivity contribution is 0.0925. The van der Waals surface area contributed by atoms with Crippen LogP contribution in [0.3, 0.4) is 0 Å². The van der Waals surface area contributed by atoms with Gasteiger partial charge in [0.05, 0.1) is 14.2 Å². The number of aromatic nitrogens is 1. The normalized spacial score (nSPS) is 12.4. The smallest absolute Gasteiger partial charge is 0.265 e. The molecule has 6 nitrogen and oxygen atoms in total. The number of ketones is 1. The van der Waals surface area contributed by atoms with Crippen LogP contribution >= 0.6 is 0 Å². The lowest BCUT2D eigenvalue weighted by Crippen LogP contribution is -2.23. The molecule has 20 heavy (non-hydrogen) atoms. The molecule has 0 aromatic carbocycles. The first-order chi connectivity index (χ1) is 9.47. The zero-order valence-electron chi connectivity index (χ0n) is 12.0. The molecule has 6 heteroatoms. The van der Waals surface area contributed by atoms with Gasteiger partial charge in [-0.25, -0.2) is 0 Å². The second-order valence-electron chi connectivity index (χ2n) is 4.31. The topological polar surface area (TPSA) is 88.6 Å². The number of carbonyl (C=O) groups is 1. The van der Waals surface area contributed by atoms with E-state index in [9.17, 15) is 14.7 Å². The van der Waals surface area contributed by atoms with Gasteiger partial charge < -0.3 is 14.6 Å². The Kier molecular flexibility index (Phi) is 5.37. The molecule has 0 saturated heterocycles. The van der Waals surface area contributed by atoms with Crippen LogP contribution < -0.4 is 15.0 Å². The highest BCUT2D eigenvalue weighted by molar-refractivity contribution is 6.00. The standard InChI is InChI=1S/C14H19NO5/c1-5-6-7-8(2)10(16)9-11(17)12(19-3)14(20-4)15-13(9)18/h5-6,8H,7H2,1-4H3,(H2,15,17,18)/b6-5+/t8-/m0/s1. The van der Waals surface area contributed by atoms with E-state index < -0.39 is 23.0 Å². The number of aromatic amines is 1. The molecule has 2 N–H and O–H groups in total. The molecule has 1 atom stereocenters. The highest BCUT2D eigenvalue weighted by Gasteiger charge is 2.26. The molecule has 0 radical (unpaired) electrons. The predicted octanol–water partition coefficient (Wildman–Crippen LogP) is 1.88. The molecule has 0 amide bonds. The fraction of sp³-hybridized carbons (Fsp3) is 0.429. The van der Waals surface area contributed by atoms with E-state index in [1.807, 2.05) is 19.1 Å². The van der Waals surface area contributed by atoms with Gasteiger partial charge in [0.1, 0.15) is 5.56 Å². The van der Waals surface area contributed by atoms with Crippen LogP contribution in [0, 0.1) is 5.92 Å². The first-order valence-electron chi connectivity index (χ1n) is 6.20. The first-order valence-corrected chi connectivity index (χ1v) is 6.20. The number of aromatic hydroxyl groups is 1. The minimum Gasteiger partial charge on any atom is -0.503 e. The Morgan fingerprint density at radius 1 is 1.40 bits per heavy atom. The number of H-pyrrole nitrogens is 1. The molecule has 0 spiro atoms. The molecule has 0 aliphatic carbocycles. The summed E-state index contributed by atoms with van der Waals surface area (Å²) >= 11 is 0. The number of carbonyl (C=O) groups excluding carboxylic acids is 1. The van der Waals surface area contributed by atoms with Crippen molar-refractivity contribution in [2.45, 2.75) is 20.3 Å². The number of Topliss-reactive ketones (excluding diaryl/α,β-unsaturated/α-hetero) is 1. The summed E-state index contributed by atoms with van der Waals surface area (Å²) in [6.07, 6.45) is 4.14. The molecule has 1 rings (SSSR count). The Labute approximate surface area is 117 Å². The fourth-order valence-corrected chi connectivity index (χ4v) is 1.81. The van der Waals surface area contributed by atoms with Gasteiger partial charge in [0.15, 0.2) is 11.5 Å². The highest BCUT2D eigenvalue weighted by Crippen LogP contribution is 2.36. The molecule has 1 heterocycles. The monoisotopic (exact) mass is 281 g/mol. The van der Waals surface area contributed by atoms with Crippen molar-refractivity contribution >= 4 is 5.78 Å². The molecule has 0 unspecified atom stereocenters. The molecule has 1 aromatic rings. The maximum Gasteiger partial charge on any atom is 0.265 e. The summed E-state index contributed by atoms with van der Waals surface area (Å²) in [5, 5.41) is 10.1. The van der Waals surface area contributed by atoms with Crippen LogP contribution in [0.25, 0.3) is 0 Å². The third-order valence-electron chi connectivity index (χ3n) is 2.94. The Hall–Kier alpha value is -2.24. The number of ether oxygens (including phenoxy) is 2. The highest BCUT2D eigenvalue weighted by atomic mass is 16.5.